The molecule has 0 amide bonds. The van der Waals surface area contributed by atoms with Crippen LogP contribution in [0.15, 0.2) is 30.3 Å². The average Bonchev–Trinajstić information content (AvgIpc) is 2.25. The molecule has 0 saturated carbocycles. The van der Waals surface area contributed by atoms with Gasteiger partial charge in [0.05, 0.1) is 0 Å². The van der Waals surface area contributed by atoms with Crippen molar-refractivity contribution < 1.29 is 9.90 Å². The van der Waals surface area contributed by atoms with Crippen LogP contribution in [0.4, 0.5) is 5.69 Å². The third-order valence-electron chi connectivity index (χ3n) is 3.87. The minimum Gasteiger partial charge on any atom is -0.480 e. The fourth-order valence-electron chi connectivity index (χ4n) is 1.76. The van der Waals surface area contributed by atoms with E-state index in [1.165, 1.54) is 0 Å². The Hall–Kier alpha value is -1.29. The number of aliphatic carboxylic acids is 1. The summed E-state index contributed by atoms with van der Waals surface area (Å²) in [5.41, 5.74) is 1.01. The molecule has 0 unspecified atom stereocenters. The molecule has 1 N–H and O–H groups in total. The van der Waals surface area contributed by atoms with Gasteiger partial charge in [0.1, 0.15) is 6.54 Å². The first kappa shape index (κ1) is 14.8. The Balaban J connectivity index is 3.18. The predicted octanol–water partition coefficient (Wildman–Crippen LogP) is 3.58. The van der Waals surface area contributed by atoms with Crippen LogP contribution >= 0.6 is 0 Å². The van der Waals surface area contributed by atoms with E-state index in [-0.39, 0.29) is 11.6 Å². The van der Waals surface area contributed by atoms with Crippen molar-refractivity contribution in [2.24, 2.45) is 0 Å². The molecule has 0 bridgehead atoms. The number of benzene rings is 1. The van der Waals surface area contributed by atoms with Crippen molar-refractivity contribution in [2.45, 2.75) is 38.9 Å². The summed E-state index contributed by atoms with van der Waals surface area (Å²) in [4.78, 5) is 11.1. The Kier molecular flexibility index (Phi) is 4.22. The van der Waals surface area contributed by atoms with Gasteiger partial charge in [-0.15, -0.1) is 0 Å². The van der Waals surface area contributed by atoms with Gasteiger partial charge in [0, 0.05) is 5.69 Å². The largest absolute Gasteiger partial charge is 0.480 e. The predicted molar refractivity (Wildman–Crippen MR) is 78.6 cm³/mol. The van der Waals surface area contributed by atoms with E-state index in [4.69, 9.17) is 5.11 Å². The number of carboxylic acid groups (broad SMARTS) is 1. The lowest BCUT2D eigenvalue weighted by Crippen LogP contribution is -2.57. The van der Waals surface area contributed by atoms with Crippen LogP contribution in [-0.4, -0.2) is 25.9 Å². The molecule has 4 heteroatoms. The summed E-state index contributed by atoms with van der Waals surface area (Å²) < 4.78 is 2.09. The van der Waals surface area contributed by atoms with Crippen LogP contribution in [-0.2, 0) is 4.79 Å². The molecule has 0 fully saturated rings. The number of carbonyl (C=O) groups is 1. The van der Waals surface area contributed by atoms with Gasteiger partial charge in [-0.25, -0.2) is 0 Å². The first-order chi connectivity index (χ1) is 8.16. The van der Waals surface area contributed by atoms with E-state index in [1.54, 1.807) is 0 Å². The van der Waals surface area contributed by atoms with Gasteiger partial charge in [0.25, 0.3) is 0 Å². The molecule has 0 spiro atoms. The van der Waals surface area contributed by atoms with Gasteiger partial charge in [-0.3, -0.25) is 4.79 Å². The summed E-state index contributed by atoms with van der Waals surface area (Å²) in [6.45, 7) is 11.1. The van der Waals surface area contributed by atoms with E-state index in [2.05, 4.69) is 38.4 Å². The van der Waals surface area contributed by atoms with Crippen LogP contribution in [0.3, 0.4) is 0 Å². The number of anilines is 1. The summed E-state index contributed by atoms with van der Waals surface area (Å²) in [5, 5.41) is 9.26. The fraction of sp³-hybridized carbons (Fsp3) is 0.500. The Labute approximate surface area is 111 Å². The summed E-state index contributed by atoms with van der Waals surface area (Å²) in [6, 6.07) is 9.84. The van der Waals surface area contributed by atoms with Gasteiger partial charge >= 0.3 is 5.97 Å². The first-order valence-corrected chi connectivity index (χ1v) is 9.15. The van der Waals surface area contributed by atoms with Crippen molar-refractivity contribution in [3.05, 3.63) is 30.3 Å². The zero-order valence-electron chi connectivity index (χ0n) is 11.9. The summed E-state index contributed by atoms with van der Waals surface area (Å²) in [7, 11) is -1.89. The number of rotatable bonds is 4. The smallest absolute Gasteiger partial charge is 0.322 e. The van der Waals surface area contributed by atoms with Gasteiger partial charge in [0.2, 0.25) is 0 Å². The molecule has 0 saturated heterocycles. The molecule has 18 heavy (non-hydrogen) atoms. The highest BCUT2D eigenvalue weighted by Crippen LogP contribution is 2.40. The molecular weight excluding hydrogens is 242 g/mol. The van der Waals surface area contributed by atoms with Crippen LogP contribution in [0, 0.1) is 0 Å². The van der Waals surface area contributed by atoms with Gasteiger partial charge in [-0.2, -0.15) is 0 Å². The minimum atomic E-state index is -1.89. The maximum atomic E-state index is 11.1. The van der Waals surface area contributed by atoms with Crippen molar-refractivity contribution in [3.63, 3.8) is 0 Å². The van der Waals surface area contributed by atoms with E-state index in [0.29, 0.717) is 0 Å². The standard InChI is InChI=1S/C14H23NO2Si/c1-14(2,3)18(4,5)15(11-13(16)17)12-9-7-6-8-10-12/h6-10H,11H2,1-5H3,(H,16,17). The molecule has 3 nitrogen and oxygen atoms in total. The summed E-state index contributed by atoms with van der Waals surface area (Å²) in [5.74, 6) is -0.774. The van der Waals surface area contributed by atoms with Gasteiger partial charge in [-0.05, 0) is 17.2 Å². The van der Waals surface area contributed by atoms with E-state index >= 15 is 0 Å². The fourth-order valence-corrected chi connectivity index (χ4v) is 3.89. The summed E-state index contributed by atoms with van der Waals surface area (Å²) >= 11 is 0. The van der Waals surface area contributed by atoms with Crippen LogP contribution in [0.5, 0.6) is 0 Å². The molecule has 1 rings (SSSR count). The number of carboxylic acids is 1. The second-order valence-corrected chi connectivity index (χ2v) is 11.3. The Bertz CT molecular complexity index is 410. The van der Waals surface area contributed by atoms with Crippen molar-refractivity contribution in [1.29, 1.82) is 0 Å². The second kappa shape index (κ2) is 5.14. The van der Waals surface area contributed by atoms with Gasteiger partial charge in [-0.1, -0.05) is 52.1 Å². The van der Waals surface area contributed by atoms with Crippen LogP contribution in [0.1, 0.15) is 20.8 Å². The second-order valence-electron chi connectivity index (χ2n) is 6.12. The maximum absolute atomic E-state index is 11.1. The van der Waals surface area contributed by atoms with Crippen LogP contribution in [0.2, 0.25) is 18.1 Å². The van der Waals surface area contributed by atoms with E-state index < -0.39 is 14.2 Å². The quantitative estimate of drug-likeness (QED) is 0.846. The molecule has 0 aliphatic rings. The van der Waals surface area contributed by atoms with Gasteiger partial charge in [0.15, 0.2) is 8.24 Å². The van der Waals surface area contributed by atoms with Crippen molar-refractivity contribution in [2.75, 3.05) is 11.1 Å². The molecule has 0 aliphatic carbocycles. The number of hydrogen-bond acceptors (Lipinski definition) is 2. The highest BCUT2D eigenvalue weighted by Gasteiger charge is 2.42. The first-order valence-electron chi connectivity index (χ1n) is 6.21. The lowest BCUT2D eigenvalue weighted by atomic mass is 10.2. The Morgan fingerprint density at radius 3 is 2.11 bits per heavy atom. The molecule has 1 aromatic rings. The van der Waals surface area contributed by atoms with E-state index in [0.717, 1.165) is 5.69 Å². The SMILES string of the molecule is CC(C)(C)[Si](C)(C)N(CC(=O)O)c1ccccc1. The molecule has 0 aromatic heterocycles. The van der Waals surface area contributed by atoms with Crippen LogP contribution < -0.4 is 4.57 Å². The lowest BCUT2D eigenvalue weighted by molar-refractivity contribution is -0.135. The zero-order chi connectivity index (χ0) is 14.0. The van der Waals surface area contributed by atoms with Crippen molar-refractivity contribution >= 4 is 19.9 Å². The van der Waals surface area contributed by atoms with E-state index in [9.17, 15) is 4.79 Å². The minimum absolute atomic E-state index is 0.0699. The molecule has 0 atom stereocenters. The Morgan fingerprint density at radius 1 is 1.22 bits per heavy atom. The lowest BCUT2D eigenvalue weighted by Gasteiger charge is -2.46. The van der Waals surface area contributed by atoms with Crippen LogP contribution in [0.25, 0.3) is 0 Å². The monoisotopic (exact) mass is 265 g/mol. The number of nitrogens with zero attached hydrogens (tertiary/aromatic N) is 1. The highest BCUT2D eigenvalue weighted by molar-refractivity contribution is 6.83. The zero-order valence-corrected chi connectivity index (χ0v) is 12.9. The normalized spacial score (nSPS) is 12.3. The summed E-state index contributed by atoms with van der Waals surface area (Å²) in [6.07, 6.45) is 0. The third-order valence-corrected chi connectivity index (χ3v) is 9.31. The molecule has 0 aliphatic heterocycles. The molecule has 1 aromatic carbocycles. The number of para-hydroxylation sites is 1. The van der Waals surface area contributed by atoms with Crippen molar-refractivity contribution in [1.82, 2.24) is 0 Å². The molecular formula is C14H23NO2Si. The average molecular weight is 265 g/mol. The Morgan fingerprint density at radius 2 is 1.72 bits per heavy atom. The number of hydrogen-bond donors (Lipinski definition) is 1. The topological polar surface area (TPSA) is 40.5 Å². The maximum Gasteiger partial charge on any atom is 0.322 e. The van der Waals surface area contributed by atoms with E-state index in [1.807, 2.05) is 30.3 Å². The van der Waals surface area contributed by atoms with Gasteiger partial charge < -0.3 is 9.67 Å². The van der Waals surface area contributed by atoms with Crippen molar-refractivity contribution in [3.8, 4) is 0 Å². The third kappa shape index (κ3) is 3.13. The molecule has 0 radical (unpaired) electrons. The molecule has 0 heterocycles. The highest BCUT2D eigenvalue weighted by atomic mass is 28.3. The molecule has 100 valence electrons.